The molecule has 0 atom stereocenters. The maximum Gasteiger partial charge on any atom is 0.349 e. The number of fused-ring (bicyclic) bond motifs is 1. The van der Waals surface area contributed by atoms with E-state index in [2.05, 4.69) is 0 Å². The molecule has 4 rings (SSSR count). The topological polar surface area (TPSA) is 50.5 Å². The summed E-state index contributed by atoms with van der Waals surface area (Å²) in [4.78, 5) is 27.5. The molecule has 5 heteroatoms. The lowest BCUT2D eigenvalue weighted by atomic mass is 10.1. The number of rotatable bonds is 5. The van der Waals surface area contributed by atoms with E-state index in [4.69, 9.17) is 16.0 Å². The van der Waals surface area contributed by atoms with Crippen LogP contribution in [0.4, 0.5) is 0 Å². The Morgan fingerprint density at radius 1 is 0.828 bits per heavy atom. The maximum absolute atomic E-state index is 13.3. The summed E-state index contributed by atoms with van der Waals surface area (Å²) in [6.07, 6.45) is 0. The summed E-state index contributed by atoms with van der Waals surface area (Å²) in [7, 11) is 0. The Morgan fingerprint density at radius 3 is 2.00 bits per heavy atom. The first kappa shape index (κ1) is 19.0. The molecule has 0 saturated heterocycles. The third kappa shape index (κ3) is 4.23. The minimum atomic E-state index is -0.693. The molecule has 0 saturated carbocycles. The largest absolute Gasteiger partial charge is 0.421 e. The quantitative estimate of drug-likeness (QED) is 0.425. The van der Waals surface area contributed by atoms with Crippen LogP contribution in [-0.2, 0) is 13.1 Å². The Labute approximate surface area is 173 Å². The van der Waals surface area contributed by atoms with E-state index < -0.39 is 5.63 Å². The Kier molecular flexibility index (Phi) is 5.45. The average Bonchev–Trinajstić information content (AvgIpc) is 2.75. The van der Waals surface area contributed by atoms with Crippen molar-refractivity contribution in [3.8, 4) is 0 Å². The van der Waals surface area contributed by atoms with Crippen LogP contribution in [0.25, 0.3) is 11.0 Å². The van der Waals surface area contributed by atoms with Gasteiger partial charge in [0.2, 0.25) is 0 Å². The van der Waals surface area contributed by atoms with Crippen molar-refractivity contribution in [1.82, 2.24) is 4.90 Å². The number of carbonyl (C=O) groups excluding carboxylic acids is 1. The monoisotopic (exact) mass is 403 g/mol. The van der Waals surface area contributed by atoms with Gasteiger partial charge in [-0.1, -0.05) is 84.4 Å². The molecule has 3 aromatic carbocycles. The predicted octanol–water partition coefficient (Wildman–Crippen LogP) is 5.29. The maximum atomic E-state index is 13.3. The molecule has 0 unspecified atom stereocenters. The van der Waals surface area contributed by atoms with Crippen LogP contribution < -0.4 is 5.63 Å². The van der Waals surface area contributed by atoms with Gasteiger partial charge in [0.25, 0.3) is 5.91 Å². The van der Waals surface area contributed by atoms with Crippen LogP contribution in [-0.4, -0.2) is 10.8 Å². The van der Waals surface area contributed by atoms with E-state index in [0.29, 0.717) is 23.5 Å². The molecule has 144 valence electrons. The zero-order valence-electron chi connectivity index (χ0n) is 15.5. The van der Waals surface area contributed by atoms with Gasteiger partial charge in [-0.15, -0.1) is 0 Å². The van der Waals surface area contributed by atoms with Gasteiger partial charge in [-0.3, -0.25) is 4.79 Å². The van der Waals surface area contributed by atoms with Crippen molar-refractivity contribution in [3.63, 3.8) is 0 Å². The van der Waals surface area contributed by atoms with Crippen LogP contribution in [0, 0.1) is 0 Å². The molecule has 0 fully saturated rings. The van der Waals surface area contributed by atoms with Gasteiger partial charge in [-0.2, -0.15) is 0 Å². The lowest BCUT2D eigenvalue weighted by molar-refractivity contribution is 0.0726. The molecule has 0 aliphatic heterocycles. The van der Waals surface area contributed by atoms with E-state index in [1.165, 1.54) is 0 Å². The summed E-state index contributed by atoms with van der Waals surface area (Å²) < 4.78 is 5.36. The summed E-state index contributed by atoms with van der Waals surface area (Å²) in [6, 6.07) is 26.1. The molecule has 0 radical (unpaired) electrons. The highest BCUT2D eigenvalue weighted by Gasteiger charge is 2.22. The van der Waals surface area contributed by atoms with Crippen LogP contribution in [0.3, 0.4) is 0 Å². The van der Waals surface area contributed by atoms with Crippen LogP contribution >= 0.6 is 11.6 Å². The molecule has 1 amide bonds. The molecule has 0 aliphatic carbocycles. The summed E-state index contributed by atoms with van der Waals surface area (Å²) in [5.74, 6) is -0.381. The second kappa shape index (κ2) is 8.33. The summed E-state index contributed by atoms with van der Waals surface area (Å²) in [5, 5.41) is 0.948. The Balaban J connectivity index is 1.73. The zero-order valence-corrected chi connectivity index (χ0v) is 16.3. The normalized spacial score (nSPS) is 10.8. The molecule has 1 heterocycles. The van der Waals surface area contributed by atoms with E-state index in [1.807, 2.05) is 60.7 Å². The highest BCUT2D eigenvalue weighted by molar-refractivity contribution is 6.34. The second-order valence-electron chi connectivity index (χ2n) is 6.74. The third-order valence-corrected chi connectivity index (χ3v) is 4.96. The zero-order chi connectivity index (χ0) is 20.2. The highest BCUT2D eigenvalue weighted by atomic mass is 35.5. The molecule has 29 heavy (non-hydrogen) atoms. The fraction of sp³-hybridized carbons (Fsp3) is 0.0833. The number of nitrogens with zero attached hydrogens (tertiary/aromatic N) is 1. The molecule has 0 spiro atoms. The summed E-state index contributed by atoms with van der Waals surface area (Å²) in [6.45, 7) is 0.753. The Hall–Kier alpha value is -3.37. The second-order valence-corrected chi connectivity index (χ2v) is 7.15. The van der Waals surface area contributed by atoms with Gasteiger partial charge in [0.05, 0.1) is 5.02 Å². The molecule has 0 bridgehead atoms. The molecular weight excluding hydrogens is 386 g/mol. The van der Waals surface area contributed by atoms with Crippen LogP contribution in [0.5, 0.6) is 0 Å². The minimum Gasteiger partial charge on any atom is -0.421 e. The predicted molar refractivity (Wildman–Crippen MR) is 114 cm³/mol. The lowest BCUT2D eigenvalue weighted by Crippen LogP contribution is -2.33. The van der Waals surface area contributed by atoms with Crippen LogP contribution in [0.1, 0.15) is 21.5 Å². The number of hydrogen-bond acceptors (Lipinski definition) is 3. The lowest BCUT2D eigenvalue weighted by Gasteiger charge is -2.23. The molecule has 4 nitrogen and oxygen atoms in total. The Bertz CT molecular complexity index is 1160. The van der Waals surface area contributed by atoms with Crippen molar-refractivity contribution < 1.29 is 9.21 Å². The standard InChI is InChI=1S/C24H18ClNO3/c25-21-13-7-12-19-14-20(24(28)29-22(19)21)23(27)26(15-17-8-3-1-4-9-17)16-18-10-5-2-6-11-18/h1-14H,15-16H2. The van der Waals surface area contributed by atoms with E-state index in [9.17, 15) is 9.59 Å². The first-order valence-corrected chi connectivity index (χ1v) is 9.59. The van der Waals surface area contributed by atoms with Gasteiger partial charge in [-0.25, -0.2) is 4.79 Å². The van der Waals surface area contributed by atoms with Crippen molar-refractivity contribution in [2.75, 3.05) is 0 Å². The van der Waals surface area contributed by atoms with Crippen molar-refractivity contribution in [3.05, 3.63) is 117 Å². The number of hydrogen-bond donors (Lipinski definition) is 0. The van der Waals surface area contributed by atoms with Gasteiger partial charge in [0.1, 0.15) is 5.56 Å². The molecule has 1 aromatic heterocycles. The summed E-state index contributed by atoms with van der Waals surface area (Å²) >= 11 is 6.11. The molecule has 0 N–H and O–H groups in total. The van der Waals surface area contributed by atoms with Gasteiger partial charge in [0.15, 0.2) is 5.58 Å². The summed E-state index contributed by atoms with van der Waals surface area (Å²) in [5.41, 5.74) is 1.54. The Morgan fingerprint density at radius 2 is 1.41 bits per heavy atom. The average molecular weight is 404 g/mol. The van der Waals surface area contributed by atoms with Crippen LogP contribution in [0.15, 0.2) is 94.1 Å². The van der Waals surface area contributed by atoms with Crippen molar-refractivity contribution in [2.24, 2.45) is 0 Å². The number of benzene rings is 3. The van der Waals surface area contributed by atoms with Crippen molar-refractivity contribution in [1.29, 1.82) is 0 Å². The number of para-hydroxylation sites is 1. The van der Waals surface area contributed by atoms with E-state index >= 15 is 0 Å². The molecule has 0 aliphatic rings. The smallest absolute Gasteiger partial charge is 0.349 e. The fourth-order valence-corrected chi connectivity index (χ4v) is 3.46. The fourth-order valence-electron chi connectivity index (χ4n) is 3.24. The van der Waals surface area contributed by atoms with E-state index in [1.54, 1.807) is 29.2 Å². The molecular formula is C24H18ClNO3. The van der Waals surface area contributed by atoms with Crippen molar-refractivity contribution in [2.45, 2.75) is 13.1 Å². The third-order valence-electron chi connectivity index (χ3n) is 4.66. The number of halogens is 1. The molecule has 4 aromatic rings. The first-order valence-electron chi connectivity index (χ1n) is 9.21. The highest BCUT2D eigenvalue weighted by Crippen LogP contribution is 2.23. The first-order chi connectivity index (χ1) is 14.1. The van der Waals surface area contributed by atoms with Crippen molar-refractivity contribution >= 4 is 28.5 Å². The van der Waals surface area contributed by atoms with E-state index in [0.717, 1.165) is 11.1 Å². The SMILES string of the molecule is O=C(c1cc2cccc(Cl)c2oc1=O)N(Cc1ccccc1)Cc1ccccc1. The van der Waals surface area contributed by atoms with E-state index in [-0.39, 0.29) is 17.1 Å². The van der Waals surface area contributed by atoms with Gasteiger partial charge in [0, 0.05) is 18.5 Å². The van der Waals surface area contributed by atoms with Crippen LogP contribution in [0.2, 0.25) is 5.02 Å². The van der Waals surface area contributed by atoms with Gasteiger partial charge in [-0.05, 0) is 23.3 Å². The number of carbonyl (C=O) groups is 1. The number of amides is 1. The van der Waals surface area contributed by atoms with Gasteiger partial charge < -0.3 is 9.32 Å². The minimum absolute atomic E-state index is 0.00775. The van der Waals surface area contributed by atoms with Gasteiger partial charge >= 0.3 is 5.63 Å².